The number of nitrogens with one attached hydrogen (secondary N) is 1. The van der Waals surface area contributed by atoms with Gasteiger partial charge in [-0.05, 0) is 49.0 Å². The minimum Gasteiger partial charge on any atom is -0.497 e. The maximum absolute atomic E-state index is 12.6. The molecule has 1 N–H and O–H groups in total. The molecule has 3 rings (SSSR count). The SMILES string of the molecule is COc1ccc(OC)c(C=CC(=O)NCc2ccc(C(=O)N3CCN(C)CC3)cc2)c1. The van der Waals surface area contributed by atoms with E-state index in [0.717, 1.165) is 37.3 Å². The zero-order valence-corrected chi connectivity index (χ0v) is 18.3. The first-order valence-corrected chi connectivity index (χ1v) is 10.2. The highest BCUT2D eigenvalue weighted by molar-refractivity contribution is 5.94. The Labute approximate surface area is 183 Å². The third-order valence-electron chi connectivity index (χ3n) is 5.31. The topological polar surface area (TPSA) is 71.1 Å². The fourth-order valence-electron chi connectivity index (χ4n) is 3.34. The van der Waals surface area contributed by atoms with E-state index in [2.05, 4.69) is 17.3 Å². The van der Waals surface area contributed by atoms with Crippen LogP contribution in [-0.2, 0) is 11.3 Å². The Bertz CT molecular complexity index is 932. The van der Waals surface area contributed by atoms with Crippen LogP contribution < -0.4 is 14.8 Å². The van der Waals surface area contributed by atoms with E-state index in [0.29, 0.717) is 23.6 Å². The summed E-state index contributed by atoms with van der Waals surface area (Å²) in [6.07, 6.45) is 3.15. The lowest BCUT2D eigenvalue weighted by molar-refractivity contribution is -0.116. The summed E-state index contributed by atoms with van der Waals surface area (Å²) in [5.41, 5.74) is 2.35. The Morgan fingerprint density at radius 1 is 1.00 bits per heavy atom. The summed E-state index contributed by atoms with van der Waals surface area (Å²) in [7, 11) is 5.23. The van der Waals surface area contributed by atoms with Crippen molar-refractivity contribution < 1.29 is 19.1 Å². The summed E-state index contributed by atoms with van der Waals surface area (Å²) in [5.74, 6) is 1.18. The molecule has 7 nitrogen and oxygen atoms in total. The molecule has 164 valence electrons. The molecular formula is C24H29N3O4. The molecule has 0 saturated carbocycles. The van der Waals surface area contributed by atoms with Gasteiger partial charge >= 0.3 is 0 Å². The molecule has 1 aliphatic heterocycles. The van der Waals surface area contributed by atoms with Crippen LogP contribution in [0.3, 0.4) is 0 Å². The Morgan fingerprint density at radius 3 is 2.35 bits per heavy atom. The predicted molar refractivity (Wildman–Crippen MR) is 120 cm³/mol. The average molecular weight is 424 g/mol. The Kier molecular flexibility index (Phi) is 7.67. The van der Waals surface area contributed by atoms with Crippen LogP contribution in [0.4, 0.5) is 0 Å². The molecule has 31 heavy (non-hydrogen) atoms. The number of methoxy groups -OCH3 is 2. The lowest BCUT2D eigenvalue weighted by Crippen LogP contribution is -2.47. The van der Waals surface area contributed by atoms with Crippen LogP contribution in [-0.4, -0.2) is 69.1 Å². The molecule has 0 unspecified atom stereocenters. The number of carbonyl (C=O) groups is 2. The summed E-state index contributed by atoms with van der Waals surface area (Å²) < 4.78 is 10.5. The number of likely N-dealkylation sites (N-methyl/N-ethyl adjacent to an activating group) is 1. The molecule has 2 aromatic carbocycles. The lowest BCUT2D eigenvalue weighted by Gasteiger charge is -2.32. The molecule has 2 aromatic rings. The highest BCUT2D eigenvalue weighted by Gasteiger charge is 2.20. The van der Waals surface area contributed by atoms with Gasteiger partial charge in [0.25, 0.3) is 5.91 Å². The van der Waals surface area contributed by atoms with Crippen molar-refractivity contribution in [3.05, 3.63) is 65.2 Å². The molecule has 0 aromatic heterocycles. The molecule has 1 heterocycles. The minimum atomic E-state index is -0.220. The van der Waals surface area contributed by atoms with E-state index in [9.17, 15) is 9.59 Å². The van der Waals surface area contributed by atoms with E-state index in [1.807, 2.05) is 29.2 Å². The normalized spacial score (nSPS) is 14.5. The Hall–Kier alpha value is -3.32. The van der Waals surface area contributed by atoms with Crippen molar-refractivity contribution in [2.24, 2.45) is 0 Å². The van der Waals surface area contributed by atoms with Gasteiger partial charge in [-0.25, -0.2) is 0 Å². The maximum atomic E-state index is 12.6. The van der Waals surface area contributed by atoms with Gasteiger partial charge < -0.3 is 24.6 Å². The van der Waals surface area contributed by atoms with Gasteiger partial charge in [0.1, 0.15) is 11.5 Å². The van der Waals surface area contributed by atoms with Gasteiger partial charge in [-0.15, -0.1) is 0 Å². The number of piperazine rings is 1. The van der Waals surface area contributed by atoms with Crippen molar-refractivity contribution in [2.45, 2.75) is 6.54 Å². The highest BCUT2D eigenvalue weighted by atomic mass is 16.5. The largest absolute Gasteiger partial charge is 0.497 e. The first kappa shape index (κ1) is 22.4. The summed E-state index contributed by atoms with van der Waals surface area (Å²) in [4.78, 5) is 28.9. The molecule has 0 radical (unpaired) electrons. The van der Waals surface area contributed by atoms with Crippen LogP contribution in [0, 0.1) is 0 Å². The first-order valence-electron chi connectivity index (χ1n) is 10.2. The van der Waals surface area contributed by atoms with E-state index in [4.69, 9.17) is 9.47 Å². The predicted octanol–water partition coefficient (Wildman–Crippen LogP) is 2.42. The van der Waals surface area contributed by atoms with E-state index >= 15 is 0 Å². The van der Waals surface area contributed by atoms with Gasteiger partial charge in [-0.3, -0.25) is 9.59 Å². The van der Waals surface area contributed by atoms with Crippen LogP contribution >= 0.6 is 0 Å². The van der Waals surface area contributed by atoms with Crippen molar-refractivity contribution in [3.63, 3.8) is 0 Å². The molecule has 1 fully saturated rings. The van der Waals surface area contributed by atoms with E-state index in [1.165, 1.54) is 6.08 Å². The number of benzene rings is 2. The lowest BCUT2D eigenvalue weighted by atomic mass is 10.1. The Balaban J connectivity index is 1.54. The first-order chi connectivity index (χ1) is 15.0. The quantitative estimate of drug-likeness (QED) is 0.693. The summed E-state index contributed by atoms with van der Waals surface area (Å²) in [6.45, 7) is 3.66. The third kappa shape index (κ3) is 6.08. The average Bonchev–Trinajstić information content (AvgIpc) is 2.81. The second-order valence-electron chi connectivity index (χ2n) is 7.45. The van der Waals surface area contributed by atoms with Crippen molar-refractivity contribution in [1.82, 2.24) is 15.1 Å². The number of hydrogen-bond donors (Lipinski definition) is 1. The van der Waals surface area contributed by atoms with Crippen LogP contribution in [0.1, 0.15) is 21.5 Å². The number of nitrogens with zero attached hydrogens (tertiary/aromatic N) is 2. The zero-order valence-electron chi connectivity index (χ0n) is 18.3. The maximum Gasteiger partial charge on any atom is 0.253 e. The molecule has 0 spiro atoms. The standard InChI is InChI=1S/C24H29N3O4/c1-26-12-14-27(15-13-26)24(29)19-6-4-18(5-7-19)17-25-23(28)11-8-20-16-21(30-2)9-10-22(20)31-3/h4-11,16H,12-15,17H2,1-3H3,(H,25,28). The van der Waals surface area contributed by atoms with Crippen LogP contribution in [0.15, 0.2) is 48.5 Å². The fraction of sp³-hybridized carbons (Fsp3) is 0.333. The van der Waals surface area contributed by atoms with Crippen molar-refractivity contribution >= 4 is 17.9 Å². The van der Waals surface area contributed by atoms with E-state index in [1.54, 1.807) is 38.5 Å². The van der Waals surface area contributed by atoms with E-state index < -0.39 is 0 Å². The second-order valence-corrected chi connectivity index (χ2v) is 7.45. The van der Waals surface area contributed by atoms with Gasteiger partial charge in [0.05, 0.1) is 14.2 Å². The van der Waals surface area contributed by atoms with Gasteiger partial charge in [0.2, 0.25) is 5.91 Å². The fourth-order valence-corrected chi connectivity index (χ4v) is 3.34. The second kappa shape index (κ2) is 10.6. The van der Waals surface area contributed by atoms with Crippen molar-refractivity contribution in [2.75, 3.05) is 47.4 Å². The van der Waals surface area contributed by atoms with Crippen LogP contribution in [0.5, 0.6) is 11.5 Å². The molecular weight excluding hydrogens is 394 g/mol. The molecule has 1 aliphatic rings. The summed E-state index contributed by atoms with van der Waals surface area (Å²) in [5, 5.41) is 2.85. The van der Waals surface area contributed by atoms with Crippen molar-refractivity contribution in [3.8, 4) is 11.5 Å². The molecule has 1 saturated heterocycles. The number of ether oxygens (including phenoxy) is 2. The molecule has 0 atom stereocenters. The van der Waals surface area contributed by atoms with Crippen LogP contribution in [0.2, 0.25) is 0 Å². The monoisotopic (exact) mass is 423 g/mol. The third-order valence-corrected chi connectivity index (χ3v) is 5.31. The van der Waals surface area contributed by atoms with Gasteiger partial charge in [-0.1, -0.05) is 12.1 Å². The smallest absolute Gasteiger partial charge is 0.253 e. The van der Waals surface area contributed by atoms with Crippen LogP contribution in [0.25, 0.3) is 6.08 Å². The highest BCUT2D eigenvalue weighted by Crippen LogP contribution is 2.25. The number of hydrogen-bond acceptors (Lipinski definition) is 5. The number of rotatable bonds is 7. The van der Waals surface area contributed by atoms with Gasteiger partial charge in [0.15, 0.2) is 0 Å². The number of amides is 2. The molecule has 2 amide bonds. The van der Waals surface area contributed by atoms with Gasteiger partial charge in [0, 0.05) is 49.9 Å². The molecule has 7 heteroatoms. The summed E-state index contributed by atoms with van der Waals surface area (Å²) >= 11 is 0. The minimum absolute atomic E-state index is 0.0545. The van der Waals surface area contributed by atoms with Gasteiger partial charge in [-0.2, -0.15) is 0 Å². The molecule has 0 bridgehead atoms. The van der Waals surface area contributed by atoms with Crippen molar-refractivity contribution in [1.29, 1.82) is 0 Å². The molecule has 0 aliphatic carbocycles. The van der Waals surface area contributed by atoms with E-state index in [-0.39, 0.29) is 11.8 Å². The summed E-state index contributed by atoms with van der Waals surface area (Å²) in [6, 6.07) is 12.8. The Morgan fingerprint density at radius 2 is 1.71 bits per heavy atom. The zero-order chi connectivity index (χ0) is 22.2. The number of carbonyl (C=O) groups excluding carboxylic acids is 2.